The second-order valence-corrected chi connectivity index (χ2v) is 7.07. The summed E-state index contributed by atoms with van der Waals surface area (Å²) in [6.45, 7) is 1.83. The van der Waals surface area contributed by atoms with Crippen molar-refractivity contribution in [3.8, 4) is 0 Å². The highest BCUT2D eigenvalue weighted by atomic mass is 32.2. The minimum atomic E-state index is -3.59. The van der Waals surface area contributed by atoms with Gasteiger partial charge in [-0.05, 0) is 25.3 Å². The third-order valence-electron chi connectivity index (χ3n) is 2.98. The summed E-state index contributed by atoms with van der Waals surface area (Å²) in [5.74, 6) is 0. The van der Waals surface area contributed by atoms with Crippen LogP contribution in [0.2, 0.25) is 0 Å². The molecule has 0 bridgehead atoms. The third kappa shape index (κ3) is 1.94. The highest BCUT2D eigenvalue weighted by molar-refractivity contribution is 7.99. The van der Waals surface area contributed by atoms with Crippen molar-refractivity contribution in [1.82, 2.24) is 14.6 Å². The molecule has 0 saturated heterocycles. The Kier molecular flexibility index (Phi) is 3.10. The van der Waals surface area contributed by atoms with Gasteiger partial charge in [-0.2, -0.15) is 0 Å². The number of aryl methyl sites for hydroxylation is 1. The fourth-order valence-corrected chi connectivity index (χ4v) is 4.57. The first-order chi connectivity index (χ1) is 9.54. The Morgan fingerprint density at radius 3 is 2.60 bits per heavy atom. The number of nitrogens with one attached hydrogen (secondary N) is 1. The number of thioether (sulfide) groups is 1. The molecule has 0 aliphatic rings. The number of imidazole rings is 1. The molecule has 1 aromatic carbocycles. The molecule has 20 heavy (non-hydrogen) atoms. The van der Waals surface area contributed by atoms with Crippen LogP contribution in [0.1, 0.15) is 5.69 Å². The summed E-state index contributed by atoms with van der Waals surface area (Å²) in [6, 6.07) is 8.41. The minimum absolute atomic E-state index is 0.240. The molecule has 0 spiro atoms. The van der Waals surface area contributed by atoms with Gasteiger partial charge in [-0.1, -0.05) is 18.2 Å². The second kappa shape index (κ2) is 4.68. The first-order valence-corrected chi connectivity index (χ1v) is 8.66. The van der Waals surface area contributed by atoms with E-state index in [4.69, 9.17) is 0 Å². The van der Waals surface area contributed by atoms with E-state index in [1.165, 1.54) is 11.8 Å². The van der Waals surface area contributed by atoms with E-state index >= 15 is 0 Å². The van der Waals surface area contributed by atoms with Gasteiger partial charge in [-0.25, -0.2) is 17.9 Å². The molecule has 0 saturated carbocycles. The van der Waals surface area contributed by atoms with E-state index in [-0.39, 0.29) is 9.79 Å². The predicted octanol–water partition coefficient (Wildman–Crippen LogP) is 2.53. The van der Waals surface area contributed by atoms with Gasteiger partial charge in [-0.15, -0.1) is 11.8 Å². The Morgan fingerprint density at radius 1 is 1.25 bits per heavy atom. The van der Waals surface area contributed by atoms with Gasteiger partial charge >= 0.3 is 0 Å². The van der Waals surface area contributed by atoms with Crippen LogP contribution < -0.4 is 0 Å². The van der Waals surface area contributed by atoms with Crippen molar-refractivity contribution in [1.29, 1.82) is 0 Å². The average Bonchev–Trinajstić information content (AvgIpc) is 2.94. The lowest BCUT2D eigenvalue weighted by Gasteiger charge is -2.03. The largest absolute Gasteiger partial charge is 0.285 e. The molecule has 0 amide bonds. The summed E-state index contributed by atoms with van der Waals surface area (Å²) < 4.78 is 27.3. The van der Waals surface area contributed by atoms with Crippen LogP contribution in [0.3, 0.4) is 0 Å². The monoisotopic (exact) mass is 307 g/mol. The van der Waals surface area contributed by atoms with Gasteiger partial charge in [0.1, 0.15) is 9.92 Å². The molecular weight excluding hydrogens is 294 g/mol. The van der Waals surface area contributed by atoms with Crippen LogP contribution in [0.15, 0.2) is 51.3 Å². The SMILES string of the molecule is CSc1[nH]n2cc(C)nc2c1S(=O)(=O)c1ccccc1. The summed E-state index contributed by atoms with van der Waals surface area (Å²) in [5, 5.41) is 3.64. The fraction of sp³-hybridized carbons (Fsp3) is 0.154. The zero-order valence-corrected chi connectivity index (χ0v) is 12.6. The Morgan fingerprint density at radius 2 is 1.95 bits per heavy atom. The Labute approximate surface area is 120 Å². The number of sulfone groups is 1. The standard InChI is InChI=1S/C13H13N3O2S2/c1-9-8-16-12(14-9)11(13(15-16)19-2)20(17,18)10-6-4-3-5-7-10/h3-8,15H,1-2H3. The Balaban J connectivity index is 2.33. The van der Waals surface area contributed by atoms with Gasteiger partial charge in [0, 0.05) is 0 Å². The molecule has 3 rings (SSSR count). The van der Waals surface area contributed by atoms with Gasteiger partial charge in [0.2, 0.25) is 9.84 Å². The van der Waals surface area contributed by atoms with Gasteiger partial charge in [-0.3, -0.25) is 5.10 Å². The third-order valence-corrected chi connectivity index (χ3v) is 5.63. The van der Waals surface area contributed by atoms with Crippen LogP contribution in [-0.4, -0.2) is 29.3 Å². The van der Waals surface area contributed by atoms with Crippen LogP contribution >= 0.6 is 11.8 Å². The number of aromatic amines is 1. The smallest absolute Gasteiger partial charge is 0.212 e. The summed E-state index contributed by atoms with van der Waals surface area (Å²) in [5.41, 5.74) is 1.21. The molecule has 3 aromatic rings. The summed E-state index contributed by atoms with van der Waals surface area (Å²) >= 11 is 1.36. The average molecular weight is 307 g/mol. The maximum absolute atomic E-state index is 12.8. The van der Waals surface area contributed by atoms with E-state index < -0.39 is 9.84 Å². The maximum atomic E-state index is 12.8. The van der Waals surface area contributed by atoms with E-state index in [1.54, 1.807) is 41.0 Å². The number of rotatable bonds is 3. The zero-order valence-electron chi connectivity index (χ0n) is 11.0. The molecule has 0 atom stereocenters. The van der Waals surface area contributed by atoms with Crippen LogP contribution in [0.4, 0.5) is 0 Å². The molecule has 0 radical (unpaired) electrons. The van der Waals surface area contributed by atoms with E-state index in [2.05, 4.69) is 10.1 Å². The highest BCUT2D eigenvalue weighted by Crippen LogP contribution is 2.32. The minimum Gasteiger partial charge on any atom is -0.285 e. The van der Waals surface area contributed by atoms with E-state index in [1.807, 2.05) is 13.2 Å². The molecule has 7 heteroatoms. The lowest BCUT2D eigenvalue weighted by atomic mass is 10.4. The number of hydrogen-bond donors (Lipinski definition) is 1. The fourth-order valence-electron chi connectivity index (χ4n) is 2.10. The number of nitrogens with zero attached hydrogens (tertiary/aromatic N) is 2. The van der Waals surface area contributed by atoms with Gasteiger partial charge in [0.25, 0.3) is 0 Å². The zero-order chi connectivity index (χ0) is 14.3. The van der Waals surface area contributed by atoms with Crippen molar-refractivity contribution in [2.75, 3.05) is 6.26 Å². The number of benzene rings is 1. The second-order valence-electron chi connectivity index (χ2n) is 4.37. The highest BCUT2D eigenvalue weighted by Gasteiger charge is 2.27. The molecule has 5 nitrogen and oxygen atoms in total. The number of H-pyrrole nitrogens is 1. The van der Waals surface area contributed by atoms with Crippen LogP contribution in [-0.2, 0) is 9.84 Å². The first kappa shape index (κ1) is 13.3. The Bertz CT molecular complexity index is 864. The molecular formula is C13H13N3O2S2. The molecule has 0 fully saturated rings. The van der Waals surface area contributed by atoms with Gasteiger partial charge in [0.05, 0.1) is 16.8 Å². The van der Waals surface area contributed by atoms with Crippen molar-refractivity contribution in [3.05, 3.63) is 42.2 Å². The van der Waals surface area contributed by atoms with E-state index in [0.29, 0.717) is 10.7 Å². The number of aromatic nitrogens is 3. The van der Waals surface area contributed by atoms with E-state index in [0.717, 1.165) is 5.69 Å². The maximum Gasteiger partial charge on any atom is 0.212 e. The lowest BCUT2D eigenvalue weighted by molar-refractivity contribution is 0.594. The van der Waals surface area contributed by atoms with Crippen molar-refractivity contribution in [2.45, 2.75) is 21.7 Å². The molecule has 2 aromatic heterocycles. The summed E-state index contributed by atoms with van der Waals surface area (Å²) in [4.78, 5) is 4.83. The quantitative estimate of drug-likeness (QED) is 0.755. The molecule has 0 unspecified atom stereocenters. The van der Waals surface area contributed by atoms with E-state index in [9.17, 15) is 8.42 Å². The number of fused-ring (bicyclic) bond motifs is 1. The predicted molar refractivity (Wildman–Crippen MR) is 78.0 cm³/mol. The summed E-state index contributed by atoms with van der Waals surface area (Å²) in [6.07, 6.45) is 3.61. The molecule has 0 aliphatic carbocycles. The molecule has 1 N–H and O–H groups in total. The van der Waals surface area contributed by atoms with Crippen molar-refractivity contribution < 1.29 is 8.42 Å². The lowest BCUT2D eigenvalue weighted by Crippen LogP contribution is -2.03. The molecule has 0 aliphatic heterocycles. The molecule has 104 valence electrons. The van der Waals surface area contributed by atoms with Crippen molar-refractivity contribution in [2.24, 2.45) is 0 Å². The van der Waals surface area contributed by atoms with Crippen molar-refractivity contribution >= 4 is 27.2 Å². The first-order valence-electron chi connectivity index (χ1n) is 5.96. The topological polar surface area (TPSA) is 67.2 Å². The van der Waals surface area contributed by atoms with Crippen molar-refractivity contribution in [3.63, 3.8) is 0 Å². The van der Waals surface area contributed by atoms with Gasteiger partial charge < -0.3 is 0 Å². The van der Waals surface area contributed by atoms with Gasteiger partial charge in [0.15, 0.2) is 5.65 Å². The van der Waals surface area contributed by atoms with Crippen LogP contribution in [0, 0.1) is 6.92 Å². The normalized spacial score (nSPS) is 12.1. The Hall–Kier alpha value is -1.73. The molecule has 2 heterocycles. The summed E-state index contributed by atoms with van der Waals surface area (Å²) in [7, 11) is -3.59. The number of hydrogen-bond acceptors (Lipinski definition) is 4. The van der Waals surface area contributed by atoms with Crippen LogP contribution in [0.25, 0.3) is 5.65 Å². The van der Waals surface area contributed by atoms with Crippen LogP contribution in [0.5, 0.6) is 0 Å².